The number of fused-ring (bicyclic) bond motifs is 3. The van der Waals surface area contributed by atoms with E-state index >= 15 is 0 Å². The summed E-state index contributed by atoms with van der Waals surface area (Å²) in [5, 5.41) is 0.613. The molecule has 0 saturated carbocycles. The third kappa shape index (κ3) is 1.09. The molecule has 16 heavy (non-hydrogen) atoms. The van der Waals surface area contributed by atoms with Gasteiger partial charge in [0.15, 0.2) is 0 Å². The smallest absolute Gasteiger partial charge is 0.332 e. The Labute approximate surface area is 97.7 Å². The molecule has 0 aliphatic heterocycles. The predicted molar refractivity (Wildman–Crippen MR) is 63.7 cm³/mol. The van der Waals surface area contributed by atoms with Crippen LogP contribution in [-0.2, 0) is 0 Å². The molecule has 3 rings (SSSR count). The van der Waals surface area contributed by atoms with Gasteiger partial charge in [0.05, 0.1) is 16.1 Å². The number of hydrogen-bond acceptors (Lipinski definition) is 0. The van der Waals surface area contributed by atoms with Gasteiger partial charge in [0.25, 0.3) is 0 Å². The molecule has 0 fully saturated rings. The molecule has 0 bridgehead atoms. The minimum atomic E-state index is 0.552. The second-order valence-corrected chi connectivity index (χ2v) is 4.06. The molecule has 2 aromatic rings. The van der Waals surface area contributed by atoms with Crippen molar-refractivity contribution < 1.29 is 4.79 Å². The van der Waals surface area contributed by atoms with Crippen molar-refractivity contribution in [2.24, 2.45) is 0 Å². The molecule has 0 unspecified atom stereocenters. The van der Waals surface area contributed by atoms with Crippen molar-refractivity contribution in [2.75, 3.05) is 0 Å². The van der Waals surface area contributed by atoms with Crippen molar-refractivity contribution in [3.05, 3.63) is 64.1 Å². The zero-order chi connectivity index (χ0) is 11.1. The van der Waals surface area contributed by atoms with E-state index in [0.29, 0.717) is 10.7 Å². The fourth-order valence-corrected chi connectivity index (χ4v) is 2.42. The molecule has 2 nitrogen and oxygen atoms in total. The zero-order valence-corrected chi connectivity index (χ0v) is 9.07. The van der Waals surface area contributed by atoms with Gasteiger partial charge in [0.2, 0.25) is 0 Å². The lowest BCUT2D eigenvalue weighted by Gasteiger charge is -1.98. The Morgan fingerprint density at radius 1 is 0.875 bits per heavy atom. The Morgan fingerprint density at radius 3 is 2.31 bits per heavy atom. The summed E-state index contributed by atoms with van der Waals surface area (Å²) >= 11 is 6.14. The number of benzene rings is 2. The first-order valence-electron chi connectivity index (χ1n) is 4.93. The third-order valence-electron chi connectivity index (χ3n) is 2.82. The largest absolute Gasteiger partial charge is 0.361 e. The van der Waals surface area contributed by atoms with Crippen LogP contribution < -0.4 is 0 Å². The summed E-state index contributed by atoms with van der Waals surface area (Å²) in [6.07, 6.45) is 0. The molecule has 0 atom stereocenters. The van der Waals surface area contributed by atoms with Gasteiger partial charge in [0, 0.05) is 0 Å². The molecule has 0 N–H and O–H groups in total. The molecule has 0 heterocycles. The maximum absolute atomic E-state index is 9.11. The van der Waals surface area contributed by atoms with E-state index in [1.165, 1.54) is 0 Å². The fraction of sp³-hybridized carbons (Fsp3) is 0. The van der Waals surface area contributed by atoms with Gasteiger partial charge in [-0.1, -0.05) is 41.9 Å². The van der Waals surface area contributed by atoms with Crippen LogP contribution in [0.3, 0.4) is 0 Å². The van der Waals surface area contributed by atoms with Crippen molar-refractivity contribution in [2.45, 2.75) is 0 Å². The van der Waals surface area contributed by atoms with Gasteiger partial charge in [-0.25, -0.2) is 0 Å². The van der Waals surface area contributed by atoms with Crippen molar-refractivity contribution in [1.29, 1.82) is 0 Å². The standard InChI is InChI=1S/C13H7ClN2/c14-11-7-3-6-9-8-4-1-2-5-10(8)13(16-15)12(9)11/h1-7H. The van der Waals surface area contributed by atoms with Gasteiger partial charge in [-0.15, -0.1) is 0 Å². The Bertz CT molecular complexity index is 640. The molecule has 0 aromatic heterocycles. The number of halogens is 1. The van der Waals surface area contributed by atoms with Crippen LogP contribution >= 0.6 is 11.6 Å². The number of rotatable bonds is 0. The summed E-state index contributed by atoms with van der Waals surface area (Å²) in [4.78, 5) is 3.36. The SMILES string of the molecule is [N-]=[N+]=C1c2ccccc2-c2cccc(Cl)c21. The highest BCUT2D eigenvalue weighted by atomic mass is 35.5. The summed E-state index contributed by atoms with van der Waals surface area (Å²) in [6, 6.07) is 13.5. The maximum Gasteiger partial charge on any atom is 0.332 e. The molecule has 0 amide bonds. The van der Waals surface area contributed by atoms with E-state index in [1.54, 1.807) is 6.07 Å². The first kappa shape index (κ1) is 9.34. The van der Waals surface area contributed by atoms with Gasteiger partial charge in [-0.05, 0) is 23.3 Å². The van der Waals surface area contributed by atoms with Gasteiger partial charge in [-0.2, -0.15) is 4.79 Å². The summed E-state index contributed by atoms with van der Waals surface area (Å²) in [6.45, 7) is 0. The first-order chi connectivity index (χ1) is 7.83. The molecule has 76 valence electrons. The van der Waals surface area contributed by atoms with E-state index < -0.39 is 0 Å². The normalized spacial score (nSPS) is 11.9. The Balaban J connectivity index is 2.48. The van der Waals surface area contributed by atoms with Crippen molar-refractivity contribution in [3.63, 3.8) is 0 Å². The second-order valence-electron chi connectivity index (χ2n) is 3.66. The van der Waals surface area contributed by atoms with E-state index in [1.807, 2.05) is 36.4 Å². The second kappa shape index (κ2) is 3.31. The molecule has 1 aliphatic carbocycles. The maximum atomic E-state index is 9.11. The molecular weight excluding hydrogens is 220 g/mol. The molecule has 0 saturated heterocycles. The van der Waals surface area contributed by atoms with Crippen molar-refractivity contribution in [3.8, 4) is 11.1 Å². The van der Waals surface area contributed by atoms with Crippen LogP contribution in [0.5, 0.6) is 0 Å². The monoisotopic (exact) mass is 226 g/mol. The average Bonchev–Trinajstić information content (AvgIpc) is 2.65. The molecule has 0 spiro atoms. The van der Waals surface area contributed by atoms with Crippen LogP contribution in [0.15, 0.2) is 42.5 Å². The quantitative estimate of drug-likeness (QED) is 0.416. The van der Waals surface area contributed by atoms with Gasteiger partial charge < -0.3 is 5.53 Å². The molecule has 0 radical (unpaired) electrons. The molecular formula is C13H7ClN2. The Kier molecular flexibility index (Phi) is 1.93. The van der Waals surface area contributed by atoms with Crippen LogP contribution in [0.2, 0.25) is 5.02 Å². The Morgan fingerprint density at radius 2 is 1.56 bits per heavy atom. The minimum Gasteiger partial charge on any atom is -0.361 e. The zero-order valence-electron chi connectivity index (χ0n) is 8.31. The van der Waals surface area contributed by atoms with Crippen LogP contribution in [0, 0.1) is 0 Å². The number of hydrogen-bond donors (Lipinski definition) is 0. The summed E-state index contributed by atoms with van der Waals surface area (Å²) in [5.74, 6) is 0. The van der Waals surface area contributed by atoms with Crippen LogP contribution in [0.25, 0.3) is 16.7 Å². The summed E-state index contributed by atoms with van der Waals surface area (Å²) < 4.78 is 0. The fourth-order valence-electron chi connectivity index (χ4n) is 2.15. The van der Waals surface area contributed by atoms with Gasteiger partial charge in [-0.3, -0.25) is 0 Å². The Hall–Kier alpha value is -1.89. The topological polar surface area (TPSA) is 36.4 Å². The first-order valence-corrected chi connectivity index (χ1v) is 5.31. The lowest BCUT2D eigenvalue weighted by molar-refractivity contribution is -0.00242. The third-order valence-corrected chi connectivity index (χ3v) is 3.14. The van der Waals surface area contributed by atoms with E-state index in [-0.39, 0.29) is 0 Å². The van der Waals surface area contributed by atoms with Crippen molar-refractivity contribution in [1.82, 2.24) is 0 Å². The van der Waals surface area contributed by atoms with Gasteiger partial charge >= 0.3 is 5.71 Å². The number of nitrogens with zero attached hydrogens (tertiary/aromatic N) is 2. The lowest BCUT2D eigenvalue weighted by atomic mass is 10.1. The predicted octanol–water partition coefficient (Wildman–Crippen LogP) is 3.39. The van der Waals surface area contributed by atoms with Crippen LogP contribution in [-0.4, -0.2) is 10.5 Å². The summed E-state index contributed by atoms with van der Waals surface area (Å²) in [7, 11) is 0. The highest BCUT2D eigenvalue weighted by Gasteiger charge is 2.32. The van der Waals surface area contributed by atoms with E-state index in [0.717, 1.165) is 22.3 Å². The van der Waals surface area contributed by atoms with E-state index in [2.05, 4.69) is 4.79 Å². The van der Waals surface area contributed by atoms with Crippen LogP contribution in [0.1, 0.15) is 11.1 Å². The van der Waals surface area contributed by atoms with Crippen LogP contribution in [0.4, 0.5) is 0 Å². The highest BCUT2D eigenvalue weighted by molar-refractivity contribution is 6.37. The van der Waals surface area contributed by atoms with Crippen molar-refractivity contribution >= 4 is 17.3 Å². The average molecular weight is 227 g/mol. The van der Waals surface area contributed by atoms with Gasteiger partial charge in [0.1, 0.15) is 0 Å². The van der Waals surface area contributed by atoms with E-state index in [9.17, 15) is 0 Å². The molecule has 2 aromatic carbocycles. The highest BCUT2D eigenvalue weighted by Crippen LogP contribution is 2.39. The molecule has 1 aliphatic rings. The molecule has 3 heteroatoms. The summed E-state index contributed by atoms with van der Waals surface area (Å²) in [5.41, 5.74) is 13.5. The lowest BCUT2D eigenvalue weighted by Crippen LogP contribution is -1.99. The minimum absolute atomic E-state index is 0.552. The van der Waals surface area contributed by atoms with E-state index in [4.69, 9.17) is 17.1 Å².